The number of unbranched alkanes of at least 4 members (excludes halogenated alkanes) is 1. The lowest BCUT2D eigenvalue weighted by Crippen LogP contribution is -2.41. The molecular formula is C18H21ClN2O4S. The first kappa shape index (κ1) is 18.9. The van der Waals surface area contributed by atoms with E-state index < -0.39 is 9.84 Å². The van der Waals surface area contributed by atoms with Crippen LogP contribution < -0.4 is 0 Å². The van der Waals surface area contributed by atoms with Gasteiger partial charge in [0.2, 0.25) is 0 Å². The molecule has 1 saturated heterocycles. The summed E-state index contributed by atoms with van der Waals surface area (Å²) < 4.78 is 28.9. The molecule has 0 spiro atoms. The van der Waals surface area contributed by atoms with Gasteiger partial charge in [0.1, 0.15) is 0 Å². The second-order valence-electron chi connectivity index (χ2n) is 6.50. The Morgan fingerprint density at radius 2 is 2.19 bits per heavy atom. The van der Waals surface area contributed by atoms with Crippen molar-refractivity contribution >= 4 is 27.3 Å². The predicted molar refractivity (Wildman–Crippen MR) is 100.0 cm³/mol. The van der Waals surface area contributed by atoms with Crippen LogP contribution in [0, 0.1) is 0 Å². The average Bonchev–Trinajstić information content (AvgIpc) is 3.22. The van der Waals surface area contributed by atoms with Gasteiger partial charge in [-0.1, -0.05) is 42.2 Å². The molecule has 140 valence electrons. The van der Waals surface area contributed by atoms with Gasteiger partial charge in [0.25, 0.3) is 5.91 Å². The monoisotopic (exact) mass is 396 g/mol. The third-order valence-corrected chi connectivity index (χ3v) is 6.49. The smallest absolute Gasteiger partial charge is 0.276 e. The third kappa shape index (κ3) is 4.27. The fourth-order valence-electron chi connectivity index (χ4n) is 3.10. The molecule has 1 aliphatic rings. The first-order valence-corrected chi connectivity index (χ1v) is 10.8. The van der Waals surface area contributed by atoms with Crippen LogP contribution in [0.25, 0.3) is 11.3 Å². The van der Waals surface area contributed by atoms with E-state index in [1.807, 2.05) is 13.0 Å². The minimum absolute atomic E-state index is 0.0153. The van der Waals surface area contributed by atoms with Crippen molar-refractivity contribution in [1.29, 1.82) is 0 Å². The number of aromatic nitrogens is 1. The van der Waals surface area contributed by atoms with Gasteiger partial charge in [-0.05, 0) is 25.0 Å². The number of halogens is 1. The number of carbonyl (C=O) groups is 1. The lowest BCUT2D eigenvalue weighted by Gasteiger charge is -2.27. The van der Waals surface area contributed by atoms with Gasteiger partial charge in [-0.15, -0.1) is 0 Å². The highest BCUT2D eigenvalue weighted by atomic mass is 35.5. The molecule has 0 radical (unpaired) electrons. The van der Waals surface area contributed by atoms with Crippen LogP contribution in [0.4, 0.5) is 0 Å². The summed E-state index contributed by atoms with van der Waals surface area (Å²) in [6.45, 7) is 2.54. The number of sulfone groups is 1. The van der Waals surface area contributed by atoms with Gasteiger partial charge >= 0.3 is 0 Å². The molecule has 8 heteroatoms. The van der Waals surface area contributed by atoms with Crippen molar-refractivity contribution in [2.24, 2.45) is 0 Å². The number of hydrogen-bond donors (Lipinski definition) is 0. The Morgan fingerprint density at radius 1 is 1.38 bits per heavy atom. The Kier molecular flexibility index (Phi) is 5.67. The average molecular weight is 397 g/mol. The maximum absolute atomic E-state index is 12.9. The summed E-state index contributed by atoms with van der Waals surface area (Å²) >= 11 is 5.99. The fraction of sp³-hybridized carbons (Fsp3) is 0.444. The van der Waals surface area contributed by atoms with Crippen molar-refractivity contribution in [3.63, 3.8) is 0 Å². The molecule has 3 rings (SSSR count). The highest BCUT2D eigenvalue weighted by molar-refractivity contribution is 7.91. The number of benzene rings is 1. The molecule has 0 N–H and O–H groups in total. The lowest BCUT2D eigenvalue weighted by atomic mass is 10.1. The summed E-state index contributed by atoms with van der Waals surface area (Å²) in [6, 6.07) is 8.37. The molecule has 2 heterocycles. The van der Waals surface area contributed by atoms with E-state index >= 15 is 0 Å². The van der Waals surface area contributed by atoms with Gasteiger partial charge in [-0.25, -0.2) is 8.42 Å². The van der Waals surface area contributed by atoms with Gasteiger partial charge in [0.15, 0.2) is 21.3 Å². The molecule has 2 aromatic rings. The summed E-state index contributed by atoms with van der Waals surface area (Å²) in [4.78, 5) is 14.6. The van der Waals surface area contributed by atoms with Crippen LogP contribution in [0.5, 0.6) is 0 Å². The van der Waals surface area contributed by atoms with E-state index in [9.17, 15) is 13.2 Å². The Hall–Kier alpha value is -1.86. The molecule has 26 heavy (non-hydrogen) atoms. The van der Waals surface area contributed by atoms with Gasteiger partial charge in [-0.3, -0.25) is 4.79 Å². The summed E-state index contributed by atoms with van der Waals surface area (Å²) in [5.41, 5.74) is 0.910. The lowest BCUT2D eigenvalue weighted by molar-refractivity contribution is 0.0683. The summed E-state index contributed by atoms with van der Waals surface area (Å²) in [5, 5.41) is 4.46. The fourth-order valence-corrected chi connectivity index (χ4v) is 5.02. The molecule has 6 nitrogen and oxygen atoms in total. The minimum atomic E-state index is -3.08. The second kappa shape index (κ2) is 7.80. The van der Waals surface area contributed by atoms with E-state index in [-0.39, 0.29) is 29.1 Å². The molecule has 1 unspecified atom stereocenters. The number of amides is 1. The zero-order valence-corrected chi connectivity index (χ0v) is 16.1. The molecule has 1 amide bonds. The van der Waals surface area contributed by atoms with Crippen LogP contribution in [0.1, 0.15) is 36.7 Å². The maximum atomic E-state index is 12.9. The van der Waals surface area contributed by atoms with Crippen molar-refractivity contribution < 1.29 is 17.7 Å². The zero-order valence-electron chi connectivity index (χ0n) is 14.5. The van der Waals surface area contributed by atoms with Crippen LogP contribution in [-0.4, -0.2) is 48.5 Å². The summed E-state index contributed by atoms with van der Waals surface area (Å²) in [5.74, 6) is 0.296. The van der Waals surface area contributed by atoms with Crippen molar-refractivity contribution in [3.05, 3.63) is 41.0 Å². The predicted octanol–water partition coefficient (Wildman–Crippen LogP) is 3.42. The standard InChI is InChI=1S/C18H21ClN2O4S/c1-2-3-8-21(15-7-9-26(23,24)12-15)18(22)16-11-17(25-20-16)13-5-4-6-14(19)10-13/h4-6,10-11,15H,2-3,7-9,12H2,1H3. The highest BCUT2D eigenvalue weighted by Gasteiger charge is 2.35. The van der Waals surface area contributed by atoms with E-state index in [1.54, 1.807) is 29.2 Å². The van der Waals surface area contributed by atoms with E-state index in [0.717, 1.165) is 18.4 Å². The van der Waals surface area contributed by atoms with E-state index in [0.29, 0.717) is 23.7 Å². The maximum Gasteiger partial charge on any atom is 0.276 e. The first-order chi connectivity index (χ1) is 12.4. The van der Waals surface area contributed by atoms with Gasteiger partial charge in [0.05, 0.1) is 11.5 Å². The van der Waals surface area contributed by atoms with Crippen LogP contribution in [0.2, 0.25) is 5.02 Å². The summed E-state index contributed by atoms with van der Waals surface area (Å²) in [7, 11) is -3.08. The Balaban J connectivity index is 1.83. The number of rotatable bonds is 6. The van der Waals surface area contributed by atoms with Crippen LogP contribution in [0.15, 0.2) is 34.9 Å². The Labute approximate surface area is 158 Å². The van der Waals surface area contributed by atoms with Crippen LogP contribution in [0.3, 0.4) is 0 Å². The first-order valence-electron chi connectivity index (χ1n) is 8.63. The number of nitrogens with zero attached hydrogens (tertiary/aromatic N) is 2. The van der Waals surface area contributed by atoms with Crippen molar-refractivity contribution in [2.45, 2.75) is 32.2 Å². The molecular weight excluding hydrogens is 376 g/mol. The number of hydrogen-bond acceptors (Lipinski definition) is 5. The van der Waals surface area contributed by atoms with E-state index in [2.05, 4.69) is 5.16 Å². The SMILES string of the molecule is CCCCN(C(=O)c1cc(-c2cccc(Cl)c2)on1)C1CCS(=O)(=O)C1. The zero-order chi connectivity index (χ0) is 18.7. The van der Waals surface area contributed by atoms with Crippen molar-refractivity contribution in [3.8, 4) is 11.3 Å². The van der Waals surface area contributed by atoms with E-state index in [4.69, 9.17) is 16.1 Å². The molecule has 1 fully saturated rings. The molecule has 0 saturated carbocycles. The molecule has 1 atom stereocenters. The number of carbonyl (C=O) groups excluding carboxylic acids is 1. The van der Waals surface area contributed by atoms with Gasteiger partial charge in [-0.2, -0.15) is 0 Å². The largest absolute Gasteiger partial charge is 0.355 e. The Morgan fingerprint density at radius 3 is 2.85 bits per heavy atom. The molecule has 1 aromatic heterocycles. The summed E-state index contributed by atoms with van der Waals surface area (Å²) in [6.07, 6.45) is 2.19. The normalized spacial score (nSPS) is 18.8. The van der Waals surface area contributed by atoms with Crippen LogP contribution >= 0.6 is 11.6 Å². The van der Waals surface area contributed by atoms with Gasteiger partial charge in [0, 0.05) is 29.2 Å². The van der Waals surface area contributed by atoms with Crippen LogP contribution in [-0.2, 0) is 9.84 Å². The quantitative estimate of drug-likeness (QED) is 0.747. The highest BCUT2D eigenvalue weighted by Crippen LogP contribution is 2.25. The molecule has 1 aliphatic heterocycles. The molecule has 1 aromatic carbocycles. The van der Waals surface area contributed by atoms with E-state index in [1.165, 1.54) is 0 Å². The van der Waals surface area contributed by atoms with Crippen molar-refractivity contribution in [2.75, 3.05) is 18.1 Å². The van der Waals surface area contributed by atoms with Crippen molar-refractivity contribution in [1.82, 2.24) is 10.1 Å². The molecule has 0 aliphatic carbocycles. The van der Waals surface area contributed by atoms with Gasteiger partial charge < -0.3 is 9.42 Å². The second-order valence-corrected chi connectivity index (χ2v) is 9.16. The minimum Gasteiger partial charge on any atom is -0.355 e. The third-order valence-electron chi connectivity index (χ3n) is 4.50. The molecule has 0 bridgehead atoms. The topological polar surface area (TPSA) is 80.5 Å². The Bertz CT molecular complexity index is 894.